The van der Waals surface area contributed by atoms with Crippen LogP contribution in [0.2, 0.25) is 5.02 Å². The van der Waals surface area contributed by atoms with Crippen molar-refractivity contribution in [1.29, 1.82) is 5.26 Å². The fraction of sp³-hybridized carbons (Fsp3) is 0.419. The summed E-state index contributed by atoms with van der Waals surface area (Å²) in [5, 5.41) is 12.4. The number of fused-ring (bicyclic) bond motifs is 3. The zero-order chi connectivity index (χ0) is 33.0. The first-order chi connectivity index (χ1) is 21.0. The van der Waals surface area contributed by atoms with Crippen molar-refractivity contribution in [3.8, 4) is 22.9 Å². The quantitative estimate of drug-likeness (QED) is 0.309. The number of nitrogens with zero attached hydrogens (tertiary/aromatic N) is 3. The summed E-state index contributed by atoms with van der Waals surface area (Å²) >= 11 is 7.41. The monoisotopic (exact) mass is 660 g/mol. The van der Waals surface area contributed by atoms with Gasteiger partial charge in [-0.15, -0.1) is 11.3 Å². The van der Waals surface area contributed by atoms with E-state index < -0.39 is 47.0 Å². The first kappa shape index (κ1) is 32.2. The molecule has 238 valence electrons. The number of piperazine rings is 1. The van der Waals surface area contributed by atoms with Crippen molar-refractivity contribution in [3.05, 3.63) is 46.0 Å². The van der Waals surface area contributed by atoms with Gasteiger partial charge in [0, 0.05) is 30.6 Å². The molecule has 1 aromatic heterocycles. The number of hydrogen-bond acceptors (Lipinski definition) is 8. The number of amides is 3. The van der Waals surface area contributed by atoms with Gasteiger partial charge in [-0.25, -0.2) is 18.4 Å². The summed E-state index contributed by atoms with van der Waals surface area (Å²) in [6.07, 6.45) is -1.38. The predicted octanol–water partition coefficient (Wildman–Crippen LogP) is 7.17. The molecular formula is C31H31ClF2N4O6S. The molecule has 10 nitrogen and oxygen atoms in total. The van der Waals surface area contributed by atoms with E-state index in [1.807, 2.05) is 6.07 Å². The van der Waals surface area contributed by atoms with Crippen molar-refractivity contribution in [2.45, 2.75) is 58.8 Å². The fourth-order valence-corrected chi connectivity index (χ4v) is 6.57. The average Bonchev–Trinajstić information content (AvgIpc) is 3.22. The van der Waals surface area contributed by atoms with E-state index in [1.54, 1.807) is 41.5 Å². The van der Waals surface area contributed by atoms with Gasteiger partial charge in [0.05, 0.1) is 26.9 Å². The predicted molar refractivity (Wildman–Crippen MR) is 165 cm³/mol. The minimum atomic E-state index is -0.973. The van der Waals surface area contributed by atoms with Crippen molar-refractivity contribution in [1.82, 2.24) is 9.80 Å². The Bertz CT molecular complexity index is 1770. The molecule has 0 unspecified atom stereocenters. The van der Waals surface area contributed by atoms with Crippen LogP contribution in [-0.4, -0.2) is 71.4 Å². The second kappa shape index (κ2) is 11.7. The van der Waals surface area contributed by atoms with Crippen molar-refractivity contribution in [2.75, 3.05) is 31.6 Å². The number of nitrogens with one attached hydrogen (secondary N) is 1. The van der Waals surface area contributed by atoms with Crippen LogP contribution in [0.1, 0.15) is 57.5 Å². The summed E-state index contributed by atoms with van der Waals surface area (Å²) in [6, 6.07) is 5.05. The van der Waals surface area contributed by atoms with Crippen LogP contribution in [0.4, 0.5) is 23.4 Å². The number of carbonyl (C=O) groups is 3. The van der Waals surface area contributed by atoms with Crippen molar-refractivity contribution < 1.29 is 37.4 Å². The first-order valence-electron chi connectivity index (χ1n) is 14.1. The van der Waals surface area contributed by atoms with Crippen LogP contribution in [0.15, 0.2) is 18.2 Å². The Morgan fingerprint density at radius 1 is 1.11 bits per heavy atom. The molecule has 1 N–H and O–H groups in total. The molecule has 1 fully saturated rings. The van der Waals surface area contributed by atoms with Crippen LogP contribution < -0.4 is 10.1 Å². The lowest BCUT2D eigenvalue weighted by Gasteiger charge is -2.40. The van der Waals surface area contributed by atoms with Crippen LogP contribution >= 0.6 is 22.9 Å². The summed E-state index contributed by atoms with van der Waals surface area (Å²) in [6.45, 7) is 10.6. The number of hydrogen-bond donors (Lipinski definition) is 1. The highest BCUT2D eigenvalue weighted by molar-refractivity contribution is 7.23. The highest BCUT2D eigenvalue weighted by atomic mass is 35.5. The van der Waals surface area contributed by atoms with Gasteiger partial charge < -0.3 is 24.0 Å². The third kappa shape index (κ3) is 6.35. The van der Waals surface area contributed by atoms with Crippen LogP contribution in [0, 0.1) is 23.0 Å². The zero-order valence-electron chi connectivity index (χ0n) is 25.5. The molecular weight excluding hydrogens is 630 g/mol. The van der Waals surface area contributed by atoms with E-state index in [0.29, 0.717) is 0 Å². The van der Waals surface area contributed by atoms with Gasteiger partial charge in [-0.05, 0) is 59.2 Å². The van der Waals surface area contributed by atoms with E-state index >= 15 is 8.78 Å². The summed E-state index contributed by atoms with van der Waals surface area (Å²) in [5.74, 6) is -2.54. The van der Waals surface area contributed by atoms with Gasteiger partial charge in [0.25, 0.3) is 5.91 Å². The Kier molecular flexibility index (Phi) is 8.35. The van der Waals surface area contributed by atoms with Gasteiger partial charge in [-0.3, -0.25) is 10.1 Å². The largest absolute Gasteiger partial charge is 0.487 e. The summed E-state index contributed by atoms with van der Waals surface area (Å²) in [7, 11) is 0. The normalized spacial score (nSPS) is 16.7. The lowest BCUT2D eigenvalue weighted by molar-refractivity contribution is 0.000858. The molecule has 0 aliphatic carbocycles. The van der Waals surface area contributed by atoms with E-state index in [0.717, 1.165) is 17.4 Å². The maximum atomic E-state index is 16.5. The molecule has 1 saturated heterocycles. The van der Waals surface area contributed by atoms with Crippen molar-refractivity contribution in [2.24, 2.45) is 0 Å². The number of thiophene rings is 1. The maximum absolute atomic E-state index is 16.5. The molecule has 45 heavy (non-hydrogen) atoms. The van der Waals surface area contributed by atoms with Crippen LogP contribution in [0.5, 0.6) is 5.75 Å². The van der Waals surface area contributed by atoms with E-state index in [4.69, 9.17) is 25.8 Å². The molecule has 0 radical (unpaired) electrons. The molecule has 3 aromatic rings. The van der Waals surface area contributed by atoms with Gasteiger partial charge in [-0.1, -0.05) is 17.7 Å². The number of carbonyl (C=O) groups excluding carboxylic acids is 3. The number of nitriles is 1. The number of benzene rings is 2. The minimum absolute atomic E-state index is 0.0113. The molecule has 2 aliphatic rings. The number of halogens is 3. The highest BCUT2D eigenvalue weighted by Crippen LogP contribution is 2.47. The zero-order valence-corrected chi connectivity index (χ0v) is 27.0. The number of ether oxygens (including phenoxy) is 3. The van der Waals surface area contributed by atoms with E-state index in [-0.39, 0.29) is 74.4 Å². The maximum Gasteiger partial charge on any atom is 0.412 e. The number of rotatable bonds is 2. The van der Waals surface area contributed by atoms with Crippen LogP contribution in [0.3, 0.4) is 0 Å². The Labute approximate surface area is 267 Å². The summed E-state index contributed by atoms with van der Waals surface area (Å²) < 4.78 is 48.1. The molecule has 14 heteroatoms. The fourth-order valence-electron chi connectivity index (χ4n) is 5.21. The first-order valence-corrected chi connectivity index (χ1v) is 15.3. The highest BCUT2D eigenvalue weighted by Gasteiger charge is 2.40. The molecule has 2 aromatic carbocycles. The Balaban J connectivity index is 1.54. The molecule has 1 atom stereocenters. The standard InChI is InChI=1S/C31H31ClF2N4O6S/c1-30(2,3)43-28(40)36-26-18(12-35)21-16(7-8-20(33)25(21)45-26)22-19(32)11-17-24(23(22)34)42-14-15-13-37(9-10-38(15)27(17)39)29(41)44-31(4,5)6/h7-8,11,15H,9-10,13-14H2,1-6H3,(H,36,40)/t15-/m1/s1. The van der Waals surface area contributed by atoms with Crippen molar-refractivity contribution in [3.63, 3.8) is 0 Å². The van der Waals surface area contributed by atoms with E-state index in [9.17, 15) is 19.6 Å². The average molecular weight is 661 g/mol. The lowest BCUT2D eigenvalue weighted by Crippen LogP contribution is -2.58. The summed E-state index contributed by atoms with van der Waals surface area (Å²) in [4.78, 5) is 41.8. The summed E-state index contributed by atoms with van der Waals surface area (Å²) in [5.41, 5.74) is -1.90. The van der Waals surface area contributed by atoms with Crippen LogP contribution in [0.25, 0.3) is 21.2 Å². The Hall–Kier alpha value is -4.15. The van der Waals surface area contributed by atoms with Crippen LogP contribution in [-0.2, 0) is 9.47 Å². The molecule has 2 aliphatic heterocycles. The molecule has 5 rings (SSSR count). The minimum Gasteiger partial charge on any atom is -0.487 e. The van der Waals surface area contributed by atoms with E-state index in [2.05, 4.69) is 5.32 Å². The molecule has 3 heterocycles. The van der Waals surface area contributed by atoms with Crippen molar-refractivity contribution >= 4 is 56.1 Å². The molecule has 3 amide bonds. The Morgan fingerprint density at radius 3 is 2.44 bits per heavy atom. The SMILES string of the molecule is CC(C)(C)OC(=O)Nc1sc2c(F)ccc(-c3c(Cl)cc4c(c3F)OC[C@H]3CN(C(=O)OC(C)(C)C)CCN3C4=O)c2c1C#N. The third-order valence-electron chi connectivity index (χ3n) is 7.01. The van der Waals surface area contributed by atoms with Gasteiger partial charge >= 0.3 is 12.2 Å². The van der Waals surface area contributed by atoms with Gasteiger partial charge in [0.2, 0.25) is 0 Å². The third-order valence-corrected chi connectivity index (χ3v) is 8.42. The Morgan fingerprint density at radius 2 is 1.80 bits per heavy atom. The topological polar surface area (TPSA) is 121 Å². The van der Waals surface area contributed by atoms with Gasteiger partial charge in [0.1, 0.15) is 34.7 Å². The smallest absolute Gasteiger partial charge is 0.412 e. The van der Waals surface area contributed by atoms with Gasteiger partial charge in [0.15, 0.2) is 11.6 Å². The molecule has 0 saturated carbocycles. The number of anilines is 1. The lowest BCUT2D eigenvalue weighted by atomic mass is 9.96. The van der Waals surface area contributed by atoms with Gasteiger partial charge in [-0.2, -0.15) is 5.26 Å². The van der Waals surface area contributed by atoms with E-state index in [1.165, 1.54) is 21.9 Å². The molecule has 0 bridgehead atoms. The second-order valence-corrected chi connectivity index (χ2v) is 14.1. The second-order valence-electron chi connectivity index (χ2n) is 12.7. The molecule has 0 spiro atoms.